The highest BCUT2D eigenvalue weighted by Gasteiger charge is 2.45. The first kappa shape index (κ1) is 27.2. The van der Waals surface area contributed by atoms with Crippen molar-refractivity contribution in [1.29, 1.82) is 0 Å². The Morgan fingerprint density at radius 1 is 1.15 bits per heavy atom. The van der Waals surface area contributed by atoms with Crippen LogP contribution in [0.5, 0.6) is 5.75 Å². The number of ether oxygens (including phenoxy) is 1. The van der Waals surface area contributed by atoms with E-state index in [1.54, 1.807) is 0 Å². The number of likely N-dealkylation sites (tertiary alicyclic amines) is 2. The largest absolute Gasteiger partial charge is 0.507 e. The van der Waals surface area contributed by atoms with Gasteiger partial charge in [0.15, 0.2) is 5.82 Å². The van der Waals surface area contributed by atoms with Crippen molar-refractivity contribution in [2.75, 3.05) is 38.0 Å². The van der Waals surface area contributed by atoms with Gasteiger partial charge in [-0.2, -0.15) is 13.2 Å². The number of alkyl halides is 3. The van der Waals surface area contributed by atoms with Crippen LogP contribution >= 0.6 is 0 Å². The van der Waals surface area contributed by atoms with E-state index in [1.807, 2.05) is 4.90 Å². The lowest BCUT2D eigenvalue weighted by atomic mass is 9.61. The molecule has 216 valence electrons. The van der Waals surface area contributed by atoms with Crippen LogP contribution in [0.15, 0.2) is 18.2 Å². The summed E-state index contributed by atoms with van der Waals surface area (Å²) in [5.41, 5.74) is 7.42. The molecule has 40 heavy (non-hydrogen) atoms. The number of hydrogen-bond donors (Lipinski definition) is 3. The fraction of sp³-hybridized carbons (Fsp3) is 0.607. The van der Waals surface area contributed by atoms with Gasteiger partial charge in [0.25, 0.3) is 0 Å². The Bertz CT molecular complexity index is 1270. The van der Waals surface area contributed by atoms with Gasteiger partial charge >= 0.3 is 6.18 Å². The summed E-state index contributed by atoms with van der Waals surface area (Å²) in [7, 11) is 0. The van der Waals surface area contributed by atoms with E-state index in [9.17, 15) is 23.1 Å². The maximum atomic E-state index is 13.1. The highest BCUT2D eigenvalue weighted by atomic mass is 19.4. The number of nitrogens with two attached hydrogens (primary N) is 1. The minimum absolute atomic E-state index is 0.0620. The number of carbonyl (C=O) groups is 1. The third-order valence-electron chi connectivity index (χ3n) is 9.03. The van der Waals surface area contributed by atoms with Crippen LogP contribution in [0.3, 0.4) is 0 Å². The third-order valence-corrected chi connectivity index (χ3v) is 9.03. The summed E-state index contributed by atoms with van der Waals surface area (Å²) in [4.78, 5) is 17.2. The lowest BCUT2D eigenvalue weighted by molar-refractivity contribution is -0.138. The van der Waals surface area contributed by atoms with Crippen molar-refractivity contribution in [3.63, 3.8) is 0 Å². The zero-order valence-corrected chi connectivity index (χ0v) is 22.3. The third kappa shape index (κ3) is 5.36. The lowest BCUT2D eigenvalue weighted by Crippen LogP contribution is -2.54. The zero-order chi connectivity index (χ0) is 28.1. The molecule has 4 heterocycles. The molecule has 4 aliphatic rings. The monoisotopic (exact) mass is 560 g/mol. The first-order valence-electron chi connectivity index (χ1n) is 14.0. The number of halogens is 3. The summed E-state index contributed by atoms with van der Waals surface area (Å²) in [5.74, 6) is 0.237. The summed E-state index contributed by atoms with van der Waals surface area (Å²) in [6.45, 7) is 4.07. The smallest absolute Gasteiger partial charge is 0.416 e. The van der Waals surface area contributed by atoms with Crippen molar-refractivity contribution in [3.05, 3.63) is 34.9 Å². The van der Waals surface area contributed by atoms with Gasteiger partial charge in [-0.15, -0.1) is 10.2 Å². The van der Waals surface area contributed by atoms with Crippen molar-refractivity contribution in [2.24, 2.45) is 11.1 Å². The molecular formula is C28H35F3N6O3. The van der Waals surface area contributed by atoms with Crippen LogP contribution in [0, 0.1) is 5.41 Å². The van der Waals surface area contributed by atoms with Crippen molar-refractivity contribution in [1.82, 2.24) is 20.0 Å². The van der Waals surface area contributed by atoms with Crippen LogP contribution in [0.2, 0.25) is 0 Å². The van der Waals surface area contributed by atoms with Gasteiger partial charge < -0.3 is 25.8 Å². The van der Waals surface area contributed by atoms with E-state index >= 15 is 0 Å². The fourth-order valence-corrected chi connectivity index (χ4v) is 6.81. The van der Waals surface area contributed by atoms with E-state index in [4.69, 9.17) is 10.5 Å². The number of hydrogen-bond acceptors (Lipinski definition) is 8. The number of aromatic nitrogens is 2. The topological polar surface area (TPSA) is 117 Å². The van der Waals surface area contributed by atoms with E-state index in [0.29, 0.717) is 47.7 Å². The number of rotatable bonds is 5. The second-order valence-corrected chi connectivity index (χ2v) is 11.8. The average molecular weight is 561 g/mol. The van der Waals surface area contributed by atoms with Gasteiger partial charge in [0.1, 0.15) is 11.4 Å². The van der Waals surface area contributed by atoms with Gasteiger partial charge in [0.2, 0.25) is 5.91 Å². The number of amides is 1. The van der Waals surface area contributed by atoms with E-state index in [-0.39, 0.29) is 30.7 Å². The Morgan fingerprint density at radius 3 is 2.60 bits per heavy atom. The highest BCUT2D eigenvalue weighted by Crippen LogP contribution is 2.48. The first-order valence-corrected chi connectivity index (χ1v) is 14.0. The molecule has 2 aromatic rings. The van der Waals surface area contributed by atoms with Crippen molar-refractivity contribution < 1.29 is 27.8 Å². The number of carbonyl (C=O) groups excluding carboxylic acids is 1. The van der Waals surface area contributed by atoms with Crippen molar-refractivity contribution in [3.8, 4) is 17.0 Å². The number of phenolic OH excluding ortho intramolecular Hbond substituents is 1. The summed E-state index contributed by atoms with van der Waals surface area (Å²) >= 11 is 0. The maximum absolute atomic E-state index is 13.1. The Balaban J connectivity index is 1.10. The number of fused-ring (bicyclic) bond motifs is 1. The molecule has 1 spiro atoms. The number of piperidine rings is 2. The van der Waals surface area contributed by atoms with Crippen molar-refractivity contribution >= 4 is 11.7 Å². The molecule has 3 fully saturated rings. The molecule has 1 saturated carbocycles. The molecule has 0 unspecified atom stereocenters. The van der Waals surface area contributed by atoms with Gasteiger partial charge in [-0.1, -0.05) is 0 Å². The number of anilines is 1. The molecule has 6 rings (SSSR count). The second-order valence-electron chi connectivity index (χ2n) is 11.8. The molecule has 4 N–H and O–H groups in total. The van der Waals surface area contributed by atoms with Crippen LogP contribution < -0.4 is 11.1 Å². The average Bonchev–Trinajstić information content (AvgIpc) is 3.39. The summed E-state index contributed by atoms with van der Waals surface area (Å²) in [5, 5.41) is 22.5. The number of nitrogens with one attached hydrogen (secondary N) is 1. The molecule has 1 amide bonds. The van der Waals surface area contributed by atoms with Crippen LogP contribution in [0.1, 0.15) is 55.2 Å². The van der Waals surface area contributed by atoms with E-state index < -0.39 is 17.5 Å². The van der Waals surface area contributed by atoms with Gasteiger partial charge in [-0.3, -0.25) is 9.69 Å². The standard InChI is InChI=1S/C28H35F3N6O3/c29-28(30,31)17-3-4-20(23(38)10-17)25-21-15-40-16-22(21)26(35-34-25)33-19-2-1-7-36(13-19)14-24(39)37-8-5-27(6-9-37)11-18(32)12-27/h3-4,10,18-19,38H,1-2,5-9,11-16,32H2,(H,33,35)/t19-/m1/s1. The predicted molar refractivity (Wildman–Crippen MR) is 141 cm³/mol. The minimum Gasteiger partial charge on any atom is -0.507 e. The van der Waals surface area contributed by atoms with Gasteiger partial charge in [-0.25, -0.2) is 0 Å². The van der Waals surface area contributed by atoms with Crippen LogP contribution in [-0.2, 0) is 28.9 Å². The van der Waals surface area contributed by atoms with Crippen LogP contribution in [-0.4, -0.2) is 75.8 Å². The normalized spacial score (nSPS) is 23.2. The van der Waals surface area contributed by atoms with Crippen LogP contribution in [0.4, 0.5) is 19.0 Å². The Morgan fingerprint density at radius 2 is 1.90 bits per heavy atom. The molecule has 1 aromatic carbocycles. The quantitative estimate of drug-likeness (QED) is 0.509. The van der Waals surface area contributed by atoms with Gasteiger partial charge in [0, 0.05) is 48.4 Å². The summed E-state index contributed by atoms with van der Waals surface area (Å²) in [6, 6.07) is 3.23. The Kier molecular flexibility index (Phi) is 7.12. The van der Waals surface area contributed by atoms with Gasteiger partial charge in [0.05, 0.1) is 25.3 Å². The second kappa shape index (κ2) is 10.5. The van der Waals surface area contributed by atoms with E-state index in [1.165, 1.54) is 6.07 Å². The van der Waals surface area contributed by atoms with E-state index in [2.05, 4.69) is 20.4 Å². The van der Waals surface area contributed by atoms with Crippen molar-refractivity contribution in [2.45, 2.75) is 70.0 Å². The molecule has 1 atom stereocenters. The SMILES string of the molecule is NC1CC2(CCN(C(=O)CN3CCC[C@@H](Nc4nnc(-c5ccc(C(F)(F)F)cc5O)c5c4COC5)C3)CC2)C1. The Labute approximate surface area is 230 Å². The van der Waals surface area contributed by atoms with Crippen LogP contribution in [0.25, 0.3) is 11.3 Å². The number of phenols is 1. The fourth-order valence-electron chi connectivity index (χ4n) is 6.81. The predicted octanol–water partition coefficient (Wildman–Crippen LogP) is 3.50. The molecule has 0 bridgehead atoms. The number of nitrogens with zero attached hydrogens (tertiary/aromatic N) is 4. The lowest BCUT2D eigenvalue weighted by Gasteiger charge is -2.51. The maximum Gasteiger partial charge on any atom is 0.416 e. The Hall–Kier alpha value is -2.96. The molecule has 9 nitrogen and oxygen atoms in total. The molecule has 3 aliphatic heterocycles. The molecule has 2 saturated heterocycles. The minimum atomic E-state index is -4.56. The van der Waals surface area contributed by atoms with Gasteiger partial charge in [-0.05, 0) is 68.7 Å². The highest BCUT2D eigenvalue weighted by molar-refractivity contribution is 5.78. The first-order chi connectivity index (χ1) is 19.1. The number of benzene rings is 1. The molecule has 1 aliphatic carbocycles. The van der Waals surface area contributed by atoms with E-state index in [0.717, 1.165) is 69.8 Å². The zero-order valence-electron chi connectivity index (χ0n) is 22.3. The summed E-state index contributed by atoms with van der Waals surface area (Å²) < 4.78 is 44.8. The molecule has 0 radical (unpaired) electrons. The molecule has 1 aromatic heterocycles. The molecular weight excluding hydrogens is 525 g/mol. The molecule has 12 heteroatoms. The summed E-state index contributed by atoms with van der Waals surface area (Å²) in [6.07, 6.45) is 1.55. The number of aromatic hydroxyl groups is 1.